The molecular weight excluding hydrogens is 204 g/mol. The highest BCUT2D eigenvalue weighted by molar-refractivity contribution is 5.84. The Bertz CT molecular complexity index is 376. The summed E-state index contributed by atoms with van der Waals surface area (Å²) < 4.78 is 0. The number of carbonyl (C=O) groups is 1. The molecule has 3 rings (SSSR count). The van der Waals surface area contributed by atoms with Gasteiger partial charge in [-0.2, -0.15) is 0 Å². The molecule has 3 atom stereocenters. The highest BCUT2D eigenvalue weighted by Gasteiger charge is 2.43. The van der Waals surface area contributed by atoms with E-state index in [0.717, 1.165) is 25.3 Å². The van der Waals surface area contributed by atoms with Crippen LogP contribution in [-0.2, 0) is 4.79 Å². The fraction of sp³-hybridized carbons (Fsp3) is 0.545. The van der Waals surface area contributed by atoms with E-state index in [-0.39, 0.29) is 18.0 Å². The molecular formula is C11H16N4O. The highest BCUT2D eigenvalue weighted by atomic mass is 16.2. The van der Waals surface area contributed by atoms with E-state index in [4.69, 9.17) is 5.73 Å². The molecule has 4 N–H and O–H groups in total. The van der Waals surface area contributed by atoms with Crippen LogP contribution >= 0.6 is 0 Å². The summed E-state index contributed by atoms with van der Waals surface area (Å²) in [5.74, 6) is 0.880. The number of carbonyl (C=O) groups excluding carboxylic acids is 1. The Labute approximate surface area is 94.4 Å². The molecule has 2 fully saturated rings. The third kappa shape index (κ3) is 1.44. The number of rotatable bonds is 1. The van der Waals surface area contributed by atoms with Gasteiger partial charge in [-0.05, 0) is 12.2 Å². The van der Waals surface area contributed by atoms with Crippen molar-refractivity contribution in [2.45, 2.75) is 6.17 Å². The number of hydrogen-bond donors (Lipinski definition) is 3. The predicted octanol–water partition coefficient (Wildman–Crippen LogP) is -1.05. The molecule has 0 aromatic carbocycles. The van der Waals surface area contributed by atoms with Crippen LogP contribution in [0.1, 0.15) is 0 Å². The number of hydrogen-bond acceptors (Lipinski definition) is 4. The second-order valence-electron chi connectivity index (χ2n) is 4.59. The third-order valence-electron chi connectivity index (χ3n) is 3.55. The molecule has 2 saturated heterocycles. The number of nitrogens with one attached hydrogen (secondary N) is 2. The van der Waals surface area contributed by atoms with Gasteiger partial charge < -0.3 is 21.3 Å². The van der Waals surface area contributed by atoms with Crippen LogP contribution in [0.15, 0.2) is 24.0 Å². The lowest BCUT2D eigenvalue weighted by Crippen LogP contribution is -2.37. The van der Waals surface area contributed by atoms with E-state index in [0.29, 0.717) is 5.92 Å². The zero-order chi connectivity index (χ0) is 11.1. The Hall–Kier alpha value is -1.33. The summed E-state index contributed by atoms with van der Waals surface area (Å²) in [6, 6.07) is 0. The average molecular weight is 220 g/mol. The van der Waals surface area contributed by atoms with Crippen molar-refractivity contribution in [3.8, 4) is 0 Å². The highest BCUT2D eigenvalue weighted by Crippen LogP contribution is 2.30. The quantitative estimate of drug-likeness (QED) is 0.527. The Morgan fingerprint density at radius 2 is 2.31 bits per heavy atom. The normalized spacial score (nSPS) is 37.3. The molecule has 0 bridgehead atoms. The molecule has 1 unspecified atom stereocenters. The maximum Gasteiger partial charge on any atom is 0.231 e. The molecule has 3 aliphatic heterocycles. The van der Waals surface area contributed by atoms with E-state index in [1.165, 1.54) is 0 Å². The first-order valence-electron chi connectivity index (χ1n) is 5.68. The summed E-state index contributed by atoms with van der Waals surface area (Å²) in [6.45, 7) is 2.60. The summed E-state index contributed by atoms with van der Waals surface area (Å²) in [6.07, 6.45) is 5.49. The molecule has 16 heavy (non-hydrogen) atoms. The van der Waals surface area contributed by atoms with Gasteiger partial charge in [0.25, 0.3) is 0 Å². The van der Waals surface area contributed by atoms with Gasteiger partial charge in [-0.3, -0.25) is 4.79 Å². The summed E-state index contributed by atoms with van der Waals surface area (Å²) >= 11 is 0. The SMILES string of the molecule is NC1C=CC(N2C[C@@H]3CNC[C@@H]3C2=O)=CN1. The lowest BCUT2D eigenvalue weighted by Gasteiger charge is -2.23. The zero-order valence-corrected chi connectivity index (χ0v) is 9.02. The van der Waals surface area contributed by atoms with Crippen molar-refractivity contribution in [2.75, 3.05) is 19.6 Å². The number of dihydropyridines is 1. The first kappa shape index (κ1) is 9.86. The Balaban J connectivity index is 1.78. The molecule has 86 valence electrons. The van der Waals surface area contributed by atoms with Crippen LogP contribution < -0.4 is 16.4 Å². The molecule has 0 spiro atoms. The first-order chi connectivity index (χ1) is 7.75. The lowest BCUT2D eigenvalue weighted by molar-refractivity contribution is -0.129. The van der Waals surface area contributed by atoms with Crippen LogP contribution in [-0.4, -0.2) is 36.6 Å². The topological polar surface area (TPSA) is 70.4 Å². The van der Waals surface area contributed by atoms with Gasteiger partial charge in [0.2, 0.25) is 5.91 Å². The van der Waals surface area contributed by atoms with Crippen molar-refractivity contribution in [1.82, 2.24) is 15.5 Å². The molecule has 3 heterocycles. The van der Waals surface area contributed by atoms with Crippen LogP contribution in [0.3, 0.4) is 0 Å². The van der Waals surface area contributed by atoms with Gasteiger partial charge in [0, 0.05) is 31.8 Å². The molecule has 0 aromatic heterocycles. The van der Waals surface area contributed by atoms with Crippen molar-refractivity contribution in [3.05, 3.63) is 24.0 Å². The molecule has 3 aliphatic rings. The van der Waals surface area contributed by atoms with E-state index >= 15 is 0 Å². The number of fused-ring (bicyclic) bond motifs is 1. The van der Waals surface area contributed by atoms with Crippen molar-refractivity contribution in [1.29, 1.82) is 0 Å². The smallest absolute Gasteiger partial charge is 0.231 e. The first-order valence-corrected chi connectivity index (χ1v) is 5.68. The number of amides is 1. The number of allylic oxidation sites excluding steroid dienone is 1. The largest absolute Gasteiger partial charge is 0.371 e. The monoisotopic (exact) mass is 220 g/mol. The van der Waals surface area contributed by atoms with E-state index in [2.05, 4.69) is 10.6 Å². The summed E-state index contributed by atoms with van der Waals surface area (Å²) in [5, 5.41) is 6.28. The number of nitrogens with zero attached hydrogens (tertiary/aromatic N) is 1. The second-order valence-corrected chi connectivity index (χ2v) is 4.59. The maximum atomic E-state index is 12.1. The second kappa shape index (κ2) is 3.61. The minimum atomic E-state index is -0.136. The summed E-state index contributed by atoms with van der Waals surface area (Å²) in [5.41, 5.74) is 6.60. The van der Waals surface area contributed by atoms with Gasteiger partial charge in [0.1, 0.15) is 0 Å². The molecule has 1 amide bonds. The van der Waals surface area contributed by atoms with Gasteiger partial charge in [-0.25, -0.2) is 0 Å². The summed E-state index contributed by atoms with van der Waals surface area (Å²) in [7, 11) is 0. The minimum Gasteiger partial charge on any atom is -0.371 e. The zero-order valence-electron chi connectivity index (χ0n) is 9.02. The van der Waals surface area contributed by atoms with Crippen molar-refractivity contribution >= 4 is 5.91 Å². The molecule has 0 aromatic rings. The van der Waals surface area contributed by atoms with Crippen molar-refractivity contribution in [2.24, 2.45) is 17.6 Å². The van der Waals surface area contributed by atoms with Crippen LogP contribution in [0.5, 0.6) is 0 Å². The van der Waals surface area contributed by atoms with Crippen LogP contribution in [0.4, 0.5) is 0 Å². The lowest BCUT2D eigenvalue weighted by atomic mass is 10.0. The Morgan fingerprint density at radius 1 is 1.44 bits per heavy atom. The van der Waals surface area contributed by atoms with Gasteiger partial charge in [0.15, 0.2) is 0 Å². The van der Waals surface area contributed by atoms with Gasteiger partial charge in [-0.1, -0.05) is 0 Å². The predicted molar refractivity (Wildman–Crippen MR) is 59.9 cm³/mol. The standard InChI is InChI=1S/C11H16N4O/c12-10-2-1-8(4-14-10)15-6-7-3-13-5-9(7)11(15)16/h1-2,4,7,9-10,13-14H,3,5-6,12H2/t7-,9-,10?/m0/s1. The van der Waals surface area contributed by atoms with Crippen LogP contribution in [0, 0.1) is 11.8 Å². The number of nitrogens with two attached hydrogens (primary N) is 1. The average Bonchev–Trinajstić information content (AvgIpc) is 2.84. The molecule has 5 heteroatoms. The Kier molecular flexibility index (Phi) is 2.22. The van der Waals surface area contributed by atoms with E-state index in [1.807, 2.05) is 23.3 Å². The maximum absolute atomic E-state index is 12.1. The van der Waals surface area contributed by atoms with Crippen LogP contribution in [0.2, 0.25) is 0 Å². The van der Waals surface area contributed by atoms with Crippen molar-refractivity contribution in [3.63, 3.8) is 0 Å². The van der Waals surface area contributed by atoms with Gasteiger partial charge in [0.05, 0.1) is 17.8 Å². The van der Waals surface area contributed by atoms with Gasteiger partial charge in [-0.15, -0.1) is 0 Å². The molecule has 5 nitrogen and oxygen atoms in total. The molecule has 0 radical (unpaired) electrons. The van der Waals surface area contributed by atoms with Crippen molar-refractivity contribution < 1.29 is 4.79 Å². The van der Waals surface area contributed by atoms with E-state index in [1.54, 1.807) is 0 Å². The van der Waals surface area contributed by atoms with E-state index < -0.39 is 0 Å². The molecule has 0 aliphatic carbocycles. The fourth-order valence-electron chi connectivity index (χ4n) is 2.63. The summed E-state index contributed by atoms with van der Waals surface area (Å²) in [4.78, 5) is 14.0. The minimum absolute atomic E-state index is 0.136. The molecule has 0 saturated carbocycles. The van der Waals surface area contributed by atoms with Gasteiger partial charge >= 0.3 is 0 Å². The number of likely N-dealkylation sites (tertiary alicyclic amines) is 1. The third-order valence-corrected chi connectivity index (χ3v) is 3.55. The van der Waals surface area contributed by atoms with Crippen LogP contribution in [0.25, 0.3) is 0 Å². The van der Waals surface area contributed by atoms with E-state index in [9.17, 15) is 4.79 Å². The Morgan fingerprint density at radius 3 is 3.00 bits per heavy atom. The fourth-order valence-corrected chi connectivity index (χ4v) is 2.63.